The van der Waals surface area contributed by atoms with Gasteiger partial charge in [-0.3, -0.25) is 14.5 Å². The van der Waals surface area contributed by atoms with Crippen molar-refractivity contribution in [3.8, 4) is 0 Å². The lowest BCUT2D eigenvalue weighted by Gasteiger charge is -2.30. The van der Waals surface area contributed by atoms with Gasteiger partial charge in [-0.05, 0) is 45.0 Å². The number of hydrogen-bond acceptors (Lipinski definition) is 3. The number of likely N-dealkylation sites (tertiary alicyclic amines) is 1. The zero-order valence-corrected chi connectivity index (χ0v) is 15.2. The molecule has 0 saturated carbocycles. The van der Waals surface area contributed by atoms with Gasteiger partial charge in [0, 0.05) is 23.2 Å². The number of amides is 1. The second kappa shape index (κ2) is 8.39. The van der Waals surface area contributed by atoms with Gasteiger partial charge >= 0.3 is 0 Å². The summed E-state index contributed by atoms with van der Waals surface area (Å²) >= 11 is 0. The van der Waals surface area contributed by atoms with Crippen LogP contribution in [0.1, 0.15) is 28.8 Å². The number of Topliss-reactive ketones (excluding diaryl/α,β-unsaturated/α-hetero) is 1. The van der Waals surface area contributed by atoms with Crippen molar-refractivity contribution in [2.45, 2.75) is 19.8 Å². The molecule has 1 fully saturated rings. The molecule has 4 nitrogen and oxygen atoms in total. The van der Waals surface area contributed by atoms with Gasteiger partial charge in [0.2, 0.25) is 5.91 Å². The molecule has 27 heavy (non-hydrogen) atoms. The van der Waals surface area contributed by atoms with Crippen LogP contribution >= 0.6 is 0 Å². The third-order valence-electron chi connectivity index (χ3n) is 4.87. The molecule has 142 valence electrons. The summed E-state index contributed by atoms with van der Waals surface area (Å²) in [6.45, 7) is 3.43. The Balaban J connectivity index is 1.48. The van der Waals surface area contributed by atoms with Crippen LogP contribution in [-0.2, 0) is 4.79 Å². The second-order valence-electron chi connectivity index (χ2n) is 6.96. The lowest BCUT2D eigenvalue weighted by Crippen LogP contribution is -2.40. The van der Waals surface area contributed by atoms with E-state index in [9.17, 15) is 18.4 Å². The molecular formula is C21H22F2N2O2. The van der Waals surface area contributed by atoms with Crippen molar-refractivity contribution in [2.24, 2.45) is 5.92 Å². The molecule has 0 aromatic heterocycles. The summed E-state index contributed by atoms with van der Waals surface area (Å²) in [4.78, 5) is 26.7. The fourth-order valence-corrected chi connectivity index (χ4v) is 3.28. The van der Waals surface area contributed by atoms with Crippen LogP contribution in [0.25, 0.3) is 0 Å². The summed E-state index contributed by atoms with van der Waals surface area (Å²) in [5.74, 6) is -2.11. The molecule has 6 heteroatoms. The number of piperidine rings is 1. The zero-order valence-electron chi connectivity index (χ0n) is 15.2. The Morgan fingerprint density at radius 1 is 1.04 bits per heavy atom. The number of nitrogens with one attached hydrogen (secondary N) is 1. The van der Waals surface area contributed by atoms with E-state index >= 15 is 0 Å². The van der Waals surface area contributed by atoms with Crippen molar-refractivity contribution in [3.05, 3.63) is 65.2 Å². The number of nitrogens with zero attached hydrogens (tertiary/aromatic N) is 1. The summed E-state index contributed by atoms with van der Waals surface area (Å²) in [6, 6.07) is 10.9. The number of halogens is 2. The molecule has 1 heterocycles. The van der Waals surface area contributed by atoms with Gasteiger partial charge in [0.1, 0.15) is 0 Å². The first-order chi connectivity index (χ1) is 12.9. The maximum absolute atomic E-state index is 13.2. The average Bonchev–Trinajstić information content (AvgIpc) is 2.65. The number of carbonyl (C=O) groups is 2. The first-order valence-corrected chi connectivity index (χ1v) is 9.00. The quantitative estimate of drug-likeness (QED) is 0.812. The van der Waals surface area contributed by atoms with Gasteiger partial charge in [-0.2, -0.15) is 0 Å². The number of rotatable bonds is 5. The highest BCUT2D eigenvalue weighted by atomic mass is 19.2. The third kappa shape index (κ3) is 4.98. The number of hydrogen-bond donors (Lipinski definition) is 1. The smallest absolute Gasteiger partial charge is 0.238 e. The minimum Gasteiger partial charge on any atom is -0.325 e. The number of carbonyl (C=O) groups excluding carboxylic acids is 2. The molecule has 2 aromatic carbocycles. The largest absolute Gasteiger partial charge is 0.325 e. The number of ketones is 1. The molecule has 0 atom stereocenters. The van der Waals surface area contributed by atoms with Crippen LogP contribution in [0, 0.1) is 24.5 Å². The van der Waals surface area contributed by atoms with E-state index in [1.807, 2.05) is 36.1 Å². The predicted molar refractivity (Wildman–Crippen MR) is 99.7 cm³/mol. The summed E-state index contributed by atoms with van der Waals surface area (Å²) in [7, 11) is 0. The third-order valence-corrected chi connectivity index (χ3v) is 4.87. The average molecular weight is 372 g/mol. The van der Waals surface area contributed by atoms with Gasteiger partial charge in [-0.15, -0.1) is 0 Å². The van der Waals surface area contributed by atoms with Crippen molar-refractivity contribution in [3.63, 3.8) is 0 Å². The molecule has 0 aliphatic carbocycles. The molecule has 1 amide bonds. The molecule has 0 spiro atoms. The normalized spacial score (nSPS) is 15.5. The van der Waals surface area contributed by atoms with Crippen molar-refractivity contribution < 1.29 is 18.4 Å². The first-order valence-electron chi connectivity index (χ1n) is 9.00. The Morgan fingerprint density at radius 3 is 2.33 bits per heavy atom. The summed E-state index contributed by atoms with van der Waals surface area (Å²) in [5, 5.41) is 2.57. The topological polar surface area (TPSA) is 49.4 Å². The van der Waals surface area contributed by atoms with Crippen molar-refractivity contribution in [2.75, 3.05) is 25.0 Å². The molecule has 1 aliphatic rings. The van der Waals surface area contributed by atoms with Crippen molar-refractivity contribution in [1.29, 1.82) is 0 Å². The minimum absolute atomic E-state index is 0.0294. The predicted octanol–water partition coefficient (Wildman–Crippen LogP) is 3.81. The van der Waals surface area contributed by atoms with E-state index in [-0.39, 0.29) is 29.8 Å². The molecule has 1 saturated heterocycles. The summed E-state index contributed by atoms with van der Waals surface area (Å²) in [6.07, 6.45) is 1.40. The lowest BCUT2D eigenvalue weighted by atomic mass is 9.88. The van der Waals surface area contributed by atoms with E-state index in [1.165, 1.54) is 6.07 Å². The second-order valence-corrected chi connectivity index (χ2v) is 6.96. The van der Waals surface area contributed by atoms with Gasteiger partial charge in [0.05, 0.1) is 6.54 Å². The number of anilines is 1. The van der Waals surface area contributed by atoms with E-state index in [1.54, 1.807) is 0 Å². The van der Waals surface area contributed by atoms with Crippen LogP contribution in [-0.4, -0.2) is 36.2 Å². The standard InChI is InChI=1S/C21H22F2N2O2/c1-14-2-4-15(5-3-14)21(27)16-8-10-25(11-9-16)13-20(26)24-17-6-7-18(22)19(23)12-17/h2-7,12,16H,8-11,13H2,1H3,(H,24,26). The maximum Gasteiger partial charge on any atom is 0.238 e. The molecule has 0 unspecified atom stereocenters. The fraction of sp³-hybridized carbons (Fsp3) is 0.333. The monoisotopic (exact) mass is 372 g/mol. The van der Waals surface area contributed by atoms with Gasteiger partial charge < -0.3 is 5.32 Å². The Morgan fingerprint density at radius 2 is 1.70 bits per heavy atom. The highest BCUT2D eigenvalue weighted by Gasteiger charge is 2.26. The van der Waals surface area contributed by atoms with Crippen LogP contribution in [0.15, 0.2) is 42.5 Å². The molecule has 2 aromatic rings. The number of benzene rings is 2. The zero-order chi connectivity index (χ0) is 19.4. The molecule has 1 N–H and O–H groups in total. The summed E-state index contributed by atoms with van der Waals surface area (Å²) in [5.41, 5.74) is 2.08. The van der Waals surface area contributed by atoms with E-state index in [2.05, 4.69) is 5.32 Å². The molecular weight excluding hydrogens is 350 g/mol. The maximum atomic E-state index is 13.2. The lowest BCUT2D eigenvalue weighted by molar-refractivity contribution is -0.117. The van der Waals surface area contributed by atoms with Crippen LogP contribution < -0.4 is 5.32 Å². The SMILES string of the molecule is Cc1ccc(C(=O)C2CCN(CC(=O)Nc3ccc(F)c(F)c3)CC2)cc1. The van der Waals surface area contributed by atoms with E-state index in [4.69, 9.17) is 0 Å². The van der Waals surface area contributed by atoms with Crippen LogP contribution in [0.2, 0.25) is 0 Å². The van der Waals surface area contributed by atoms with Gasteiger partial charge in [0.25, 0.3) is 0 Å². The Kier molecular flexibility index (Phi) is 5.96. The Bertz CT molecular complexity index is 829. The van der Waals surface area contributed by atoms with Gasteiger partial charge in [-0.25, -0.2) is 8.78 Å². The van der Waals surface area contributed by atoms with E-state index in [0.29, 0.717) is 25.9 Å². The Labute approximate surface area is 157 Å². The van der Waals surface area contributed by atoms with Crippen LogP contribution in [0.5, 0.6) is 0 Å². The molecule has 1 aliphatic heterocycles. The molecule has 0 bridgehead atoms. The van der Waals surface area contributed by atoms with E-state index < -0.39 is 11.6 Å². The minimum atomic E-state index is -0.997. The summed E-state index contributed by atoms with van der Waals surface area (Å²) < 4.78 is 26.1. The van der Waals surface area contributed by atoms with Crippen molar-refractivity contribution >= 4 is 17.4 Å². The highest BCUT2D eigenvalue weighted by molar-refractivity contribution is 5.98. The van der Waals surface area contributed by atoms with Gasteiger partial charge in [-0.1, -0.05) is 29.8 Å². The van der Waals surface area contributed by atoms with Gasteiger partial charge in [0.15, 0.2) is 17.4 Å². The van der Waals surface area contributed by atoms with Crippen molar-refractivity contribution in [1.82, 2.24) is 4.90 Å². The molecule has 0 radical (unpaired) electrons. The van der Waals surface area contributed by atoms with Crippen LogP contribution in [0.4, 0.5) is 14.5 Å². The molecule has 3 rings (SSSR count). The fourth-order valence-electron chi connectivity index (χ4n) is 3.28. The van der Waals surface area contributed by atoms with Crippen LogP contribution in [0.3, 0.4) is 0 Å². The highest BCUT2D eigenvalue weighted by Crippen LogP contribution is 2.22. The first kappa shape index (κ1) is 19.2. The number of aryl methyl sites for hydroxylation is 1. The van der Waals surface area contributed by atoms with E-state index in [0.717, 1.165) is 23.3 Å². The Hall–Kier alpha value is -2.60.